The van der Waals surface area contributed by atoms with Crippen LogP contribution in [0.3, 0.4) is 0 Å². The van der Waals surface area contributed by atoms with Crippen molar-refractivity contribution >= 4 is 5.91 Å². The molecule has 4 nitrogen and oxygen atoms in total. The molecular weight excluding hydrogens is 192 g/mol. The van der Waals surface area contributed by atoms with Crippen LogP contribution >= 0.6 is 0 Å². The van der Waals surface area contributed by atoms with Crippen LogP contribution in [0.25, 0.3) is 0 Å². The molecule has 1 amide bonds. The molecule has 1 atom stereocenters. The minimum atomic E-state index is -0.0463. The van der Waals surface area contributed by atoms with Crippen molar-refractivity contribution in [1.29, 1.82) is 0 Å². The fourth-order valence-electron chi connectivity index (χ4n) is 1.86. The first kappa shape index (κ1) is 10.2. The molecule has 0 bridgehead atoms. The molecule has 1 saturated heterocycles. The quantitative estimate of drug-likeness (QED) is 0.781. The zero-order valence-electron chi connectivity index (χ0n) is 8.88. The summed E-state index contributed by atoms with van der Waals surface area (Å²) in [5, 5.41) is 6.24. The molecule has 0 aromatic carbocycles. The van der Waals surface area contributed by atoms with Crippen molar-refractivity contribution in [2.45, 2.75) is 25.8 Å². The molecule has 0 radical (unpaired) electrons. The Kier molecular flexibility index (Phi) is 3.06. The lowest BCUT2D eigenvalue weighted by Crippen LogP contribution is -2.37. The SMILES string of the molecule is Cc1occc1C(=O)NCC1CCCN1. The van der Waals surface area contributed by atoms with Crippen LogP contribution in [0.2, 0.25) is 0 Å². The summed E-state index contributed by atoms with van der Waals surface area (Å²) in [4.78, 5) is 11.7. The van der Waals surface area contributed by atoms with Crippen LogP contribution in [0.4, 0.5) is 0 Å². The lowest BCUT2D eigenvalue weighted by atomic mass is 10.2. The lowest BCUT2D eigenvalue weighted by molar-refractivity contribution is 0.0949. The van der Waals surface area contributed by atoms with E-state index in [-0.39, 0.29) is 5.91 Å². The number of amides is 1. The third-order valence-electron chi connectivity index (χ3n) is 2.77. The maximum absolute atomic E-state index is 11.7. The van der Waals surface area contributed by atoms with Gasteiger partial charge in [0.05, 0.1) is 11.8 Å². The smallest absolute Gasteiger partial charge is 0.254 e. The first-order chi connectivity index (χ1) is 7.27. The van der Waals surface area contributed by atoms with Gasteiger partial charge in [0.25, 0.3) is 5.91 Å². The number of nitrogens with one attached hydrogen (secondary N) is 2. The maximum Gasteiger partial charge on any atom is 0.254 e. The van der Waals surface area contributed by atoms with Crippen LogP contribution < -0.4 is 10.6 Å². The fraction of sp³-hybridized carbons (Fsp3) is 0.545. The van der Waals surface area contributed by atoms with Crippen molar-refractivity contribution < 1.29 is 9.21 Å². The molecule has 82 valence electrons. The zero-order valence-corrected chi connectivity index (χ0v) is 8.88. The minimum Gasteiger partial charge on any atom is -0.469 e. The van der Waals surface area contributed by atoms with Gasteiger partial charge in [0.15, 0.2) is 0 Å². The summed E-state index contributed by atoms with van der Waals surface area (Å²) in [5.74, 6) is 0.627. The molecule has 15 heavy (non-hydrogen) atoms. The average molecular weight is 208 g/mol. The molecule has 1 aliphatic heterocycles. The van der Waals surface area contributed by atoms with Gasteiger partial charge in [-0.1, -0.05) is 0 Å². The second kappa shape index (κ2) is 4.49. The largest absolute Gasteiger partial charge is 0.469 e. The molecule has 2 heterocycles. The number of hydrogen-bond acceptors (Lipinski definition) is 3. The van der Waals surface area contributed by atoms with Crippen LogP contribution in [0.1, 0.15) is 29.0 Å². The van der Waals surface area contributed by atoms with Gasteiger partial charge >= 0.3 is 0 Å². The molecule has 0 aliphatic carbocycles. The highest BCUT2D eigenvalue weighted by Crippen LogP contribution is 2.09. The molecule has 1 aromatic rings. The summed E-state index contributed by atoms with van der Waals surface area (Å²) in [6, 6.07) is 2.13. The van der Waals surface area contributed by atoms with Gasteiger partial charge in [-0.3, -0.25) is 4.79 Å². The number of hydrogen-bond donors (Lipinski definition) is 2. The molecule has 2 rings (SSSR count). The second-order valence-electron chi connectivity index (χ2n) is 3.89. The normalized spacial score (nSPS) is 20.5. The molecule has 1 unspecified atom stereocenters. The predicted octanol–water partition coefficient (Wildman–Crippen LogP) is 1.07. The molecule has 1 aromatic heterocycles. The van der Waals surface area contributed by atoms with Gasteiger partial charge in [-0.2, -0.15) is 0 Å². The second-order valence-corrected chi connectivity index (χ2v) is 3.89. The highest BCUT2D eigenvalue weighted by molar-refractivity contribution is 5.95. The number of carbonyl (C=O) groups is 1. The zero-order chi connectivity index (χ0) is 10.7. The van der Waals surface area contributed by atoms with E-state index < -0.39 is 0 Å². The van der Waals surface area contributed by atoms with Gasteiger partial charge in [-0.05, 0) is 32.4 Å². The van der Waals surface area contributed by atoms with E-state index in [1.807, 2.05) is 0 Å². The Labute approximate surface area is 89.0 Å². The monoisotopic (exact) mass is 208 g/mol. The summed E-state index contributed by atoms with van der Waals surface area (Å²) >= 11 is 0. The van der Waals surface area contributed by atoms with E-state index in [1.165, 1.54) is 12.7 Å². The third kappa shape index (κ3) is 2.39. The van der Waals surface area contributed by atoms with E-state index in [0.717, 1.165) is 13.0 Å². The van der Waals surface area contributed by atoms with Crippen molar-refractivity contribution in [3.05, 3.63) is 23.7 Å². The van der Waals surface area contributed by atoms with Crippen LogP contribution in [-0.4, -0.2) is 25.0 Å². The molecule has 2 N–H and O–H groups in total. The van der Waals surface area contributed by atoms with Crippen LogP contribution in [0.15, 0.2) is 16.7 Å². The van der Waals surface area contributed by atoms with Gasteiger partial charge in [-0.15, -0.1) is 0 Å². The molecule has 1 aliphatic rings. The summed E-state index contributed by atoms with van der Waals surface area (Å²) in [5.41, 5.74) is 0.632. The number of aryl methyl sites for hydroxylation is 1. The van der Waals surface area contributed by atoms with Crippen molar-refractivity contribution in [3.63, 3.8) is 0 Å². The Bertz CT molecular complexity index is 340. The van der Waals surface area contributed by atoms with E-state index in [9.17, 15) is 4.79 Å². The highest BCUT2D eigenvalue weighted by Gasteiger charge is 2.16. The van der Waals surface area contributed by atoms with Crippen LogP contribution in [0.5, 0.6) is 0 Å². The third-order valence-corrected chi connectivity index (χ3v) is 2.77. The van der Waals surface area contributed by atoms with Crippen molar-refractivity contribution in [2.24, 2.45) is 0 Å². The van der Waals surface area contributed by atoms with E-state index in [4.69, 9.17) is 4.42 Å². The standard InChI is InChI=1S/C11H16N2O2/c1-8-10(4-6-15-8)11(14)13-7-9-3-2-5-12-9/h4,6,9,12H,2-3,5,7H2,1H3,(H,13,14). The predicted molar refractivity (Wildman–Crippen MR) is 56.8 cm³/mol. The maximum atomic E-state index is 11.7. The van der Waals surface area contributed by atoms with Crippen LogP contribution in [0, 0.1) is 6.92 Å². The summed E-state index contributed by atoms with van der Waals surface area (Å²) in [6.45, 7) is 3.55. The highest BCUT2D eigenvalue weighted by atomic mass is 16.3. The Morgan fingerprint density at radius 1 is 1.73 bits per heavy atom. The summed E-state index contributed by atoms with van der Waals surface area (Å²) < 4.78 is 5.08. The van der Waals surface area contributed by atoms with Crippen LogP contribution in [-0.2, 0) is 0 Å². The number of carbonyl (C=O) groups excluding carboxylic acids is 1. The van der Waals surface area contributed by atoms with Crippen molar-refractivity contribution in [3.8, 4) is 0 Å². The molecule has 4 heteroatoms. The minimum absolute atomic E-state index is 0.0463. The molecule has 0 spiro atoms. The van der Waals surface area contributed by atoms with Crippen molar-refractivity contribution in [1.82, 2.24) is 10.6 Å². The van der Waals surface area contributed by atoms with Gasteiger partial charge in [0, 0.05) is 12.6 Å². The van der Waals surface area contributed by atoms with E-state index in [1.54, 1.807) is 13.0 Å². The topological polar surface area (TPSA) is 54.3 Å². The first-order valence-electron chi connectivity index (χ1n) is 5.33. The Hall–Kier alpha value is -1.29. The van der Waals surface area contributed by atoms with Crippen molar-refractivity contribution in [2.75, 3.05) is 13.1 Å². The van der Waals surface area contributed by atoms with E-state index >= 15 is 0 Å². The summed E-state index contributed by atoms with van der Waals surface area (Å²) in [6.07, 6.45) is 3.88. The van der Waals surface area contributed by atoms with Gasteiger partial charge in [0.1, 0.15) is 5.76 Å². The van der Waals surface area contributed by atoms with E-state index in [2.05, 4.69) is 10.6 Å². The van der Waals surface area contributed by atoms with Gasteiger partial charge < -0.3 is 15.1 Å². The first-order valence-corrected chi connectivity index (χ1v) is 5.33. The molecule has 0 saturated carbocycles. The lowest BCUT2D eigenvalue weighted by Gasteiger charge is -2.10. The number of furan rings is 1. The van der Waals surface area contributed by atoms with Gasteiger partial charge in [-0.25, -0.2) is 0 Å². The Morgan fingerprint density at radius 2 is 2.60 bits per heavy atom. The molecule has 1 fully saturated rings. The fourth-order valence-corrected chi connectivity index (χ4v) is 1.86. The average Bonchev–Trinajstić information content (AvgIpc) is 2.84. The summed E-state index contributed by atoms with van der Waals surface area (Å²) in [7, 11) is 0. The van der Waals surface area contributed by atoms with Gasteiger partial charge in [0.2, 0.25) is 0 Å². The Balaban J connectivity index is 1.84. The van der Waals surface area contributed by atoms with E-state index in [0.29, 0.717) is 23.9 Å². The Morgan fingerprint density at radius 3 is 3.20 bits per heavy atom. The number of rotatable bonds is 3. The molecular formula is C11H16N2O2.